The van der Waals surface area contributed by atoms with Crippen molar-refractivity contribution in [2.75, 3.05) is 39.3 Å². The molecule has 0 saturated carbocycles. The van der Waals surface area contributed by atoms with E-state index in [1.807, 2.05) is 61.5 Å². The van der Waals surface area contributed by atoms with Gasteiger partial charge in [0, 0.05) is 5.41 Å². The zero-order valence-electron chi connectivity index (χ0n) is 15.7. The molecule has 0 bridgehead atoms. The van der Waals surface area contributed by atoms with Crippen molar-refractivity contribution >= 4 is 16.1 Å². The molecule has 1 fully saturated rings. The molecule has 1 saturated heterocycles. The van der Waals surface area contributed by atoms with Crippen molar-refractivity contribution in [3.05, 3.63) is 71.1 Å². The quantitative estimate of drug-likeness (QED) is 0.785. The van der Waals surface area contributed by atoms with E-state index < -0.39 is 10.0 Å². The summed E-state index contributed by atoms with van der Waals surface area (Å²) in [6.07, 6.45) is 1.66. The molecule has 0 radical (unpaired) electrons. The van der Waals surface area contributed by atoms with Crippen LogP contribution < -0.4 is 9.64 Å². The fourth-order valence-electron chi connectivity index (χ4n) is 3.14. The van der Waals surface area contributed by atoms with E-state index in [-0.39, 0.29) is 0 Å². The van der Waals surface area contributed by atoms with Gasteiger partial charge in [0.05, 0.1) is 26.2 Å². The molecule has 1 N–H and O–H groups in total. The van der Waals surface area contributed by atoms with Crippen molar-refractivity contribution in [2.45, 2.75) is 6.92 Å². The van der Waals surface area contributed by atoms with Gasteiger partial charge in [-0.1, -0.05) is 42.5 Å². The highest BCUT2D eigenvalue weighted by Crippen LogP contribution is 2.12. The van der Waals surface area contributed by atoms with E-state index >= 15 is 0 Å². The van der Waals surface area contributed by atoms with Crippen molar-refractivity contribution in [3.8, 4) is 5.75 Å². The smallest absolute Gasteiger partial charge is 0.236 e. The van der Waals surface area contributed by atoms with Crippen LogP contribution in [-0.2, 0) is 10.0 Å². The molecule has 2 aromatic carbocycles. The number of ether oxygens (including phenoxy) is 1. The first-order valence-corrected chi connectivity index (χ1v) is 10.8. The first-order valence-electron chi connectivity index (χ1n) is 9.29. The lowest BCUT2D eigenvalue weighted by atomic mass is 10.2. The van der Waals surface area contributed by atoms with Gasteiger partial charge < -0.3 is 9.64 Å². The predicted molar refractivity (Wildman–Crippen MR) is 108 cm³/mol. The van der Waals surface area contributed by atoms with Gasteiger partial charge >= 0.3 is 0 Å². The van der Waals surface area contributed by atoms with Crippen LogP contribution in [0.5, 0.6) is 5.75 Å². The Morgan fingerprint density at radius 1 is 1.07 bits per heavy atom. The van der Waals surface area contributed by atoms with Gasteiger partial charge in [0.25, 0.3) is 0 Å². The van der Waals surface area contributed by atoms with E-state index in [2.05, 4.69) is 0 Å². The maximum absolute atomic E-state index is 12.5. The molecule has 0 atom stereocenters. The monoisotopic (exact) mass is 387 g/mol. The number of piperazine rings is 1. The summed E-state index contributed by atoms with van der Waals surface area (Å²) >= 11 is 0. The van der Waals surface area contributed by atoms with Crippen LogP contribution in [-0.4, -0.2) is 52.1 Å². The molecule has 0 aromatic heterocycles. The van der Waals surface area contributed by atoms with Crippen LogP contribution in [0.25, 0.3) is 6.08 Å². The minimum atomic E-state index is -3.37. The molecular formula is C21H27N2O3S+. The van der Waals surface area contributed by atoms with Crippen LogP contribution in [0.4, 0.5) is 0 Å². The van der Waals surface area contributed by atoms with Crippen LogP contribution in [0.2, 0.25) is 0 Å². The Hall–Kier alpha value is -2.15. The van der Waals surface area contributed by atoms with Crippen molar-refractivity contribution < 1.29 is 18.1 Å². The first-order chi connectivity index (χ1) is 13.0. The van der Waals surface area contributed by atoms with Crippen molar-refractivity contribution in [1.82, 2.24) is 4.31 Å². The highest BCUT2D eigenvalue weighted by Gasteiger charge is 2.27. The number of hydrogen-bond donors (Lipinski definition) is 1. The van der Waals surface area contributed by atoms with Gasteiger partial charge in [-0.05, 0) is 36.3 Å². The molecule has 0 aliphatic carbocycles. The first kappa shape index (κ1) is 19.6. The maximum Gasteiger partial charge on any atom is 0.236 e. The molecular weight excluding hydrogens is 360 g/mol. The Balaban J connectivity index is 1.44. The molecule has 0 spiro atoms. The Bertz CT molecular complexity index is 858. The third-order valence-electron chi connectivity index (χ3n) is 4.74. The van der Waals surface area contributed by atoms with Gasteiger partial charge in [-0.2, -0.15) is 4.31 Å². The third-order valence-corrected chi connectivity index (χ3v) is 6.30. The number of benzene rings is 2. The largest absolute Gasteiger partial charge is 0.488 e. The van der Waals surface area contributed by atoms with Gasteiger partial charge in [0.15, 0.2) is 0 Å². The topological polar surface area (TPSA) is 51.1 Å². The summed E-state index contributed by atoms with van der Waals surface area (Å²) < 4.78 is 32.4. The third kappa shape index (κ3) is 5.92. The fourth-order valence-corrected chi connectivity index (χ4v) is 4.33. The lowest BCUT2D eigenvalue weighted by Gasteiger charge is -2.30. The average molecular weight is 388 g/mol. The van der Waals surface area contributed by atoms with Gasteiger partial charge in [-0.15, -0.1) is 0 Å². The molecule has 3 rings (SSSR count). The molecule has 1 aliphatic heterocycles. The average Bonchev–Trinajstić information content (AvgIpc) is 2.68. The molecule has 1 heterocycles. The number of hydrogen-bond acceptors (Lipinski definition) is 3. The summed E-state index contributed by atoms with van der Waals surface area (Å²) in [5, 5.41) is 1.31. The molecule has 6 heteroatoms. The summed E-state index contributed by atoms with van der Waals surface area (Å²) in [5.41, 5.74) is 2.07. The van der Waals surface area contributed by atoms with E-state index in [1.165, 1.54) is 15.9 Å². The molecule has 5 nitrogen and oxygen atoms in total. The SMILES string of the molecule is Cc1cccc(OCC[NH+]2CCN(S(=O)(=O)/C=C/c3ccccc3)CC2)c1. The zero-order valence-corrected chi connectivity index (χ0v) is 16.5. The molecule has 0 amide bonds. The molecule has 144 valence electrons. The Morgan fingerprint density at radius 2 is 1.81 bits per heavy atom. The summed E-state index contributed by atoms with van der Waals surface area (Å²) in [6, 6.07) is 17.5. The van der Waals surface area contributed by atoms with Crippen LogP contribution >= 0.6 is 0 Å². The van der Waals surface area contributed by atoms with Crippen LogP contribution in [0.1, 0.15) is 11.1 Å². The standard InChI is InChI=1S/C21H26N2O3S/c1-19-6-5-9-21(18-19)26-16-15-22-11-13-23(14-12-22)27(24,25)17-10-20-7-3-2-4-8-20/h2-10,17-18H,11-16H2,1H3/p+1/b17-10+. The Kier molecular flexibility index (Phi) is 6.66. The minimum Gasteiger partial charge on any atom is -0.488 e. The lowest BCUT2D eigenvalue weighted by molar-refractivity contribution is -0.903. The summed E-state index contributed by atoms with van der Waals surface area (Å²) in [5.74, 6) is 0.890. The highest BCUT2D eigenvalue weighted by molar-refractivity contribution is 7.92. The maximum atomic E-state index is 12.5. The summed E-state index contributed by atoms with van der Waals surface area (Å²) in [7, 11) is -3.37. The van der Waals surface area contributed by atoms with Crippen molar-refractivity contribution in [2.24, 2.45) is 0 Å². The summed E-state index contributed by atoms with van der Waals surface area (Å²) in [4.78, 5) is 1.38. The second-order valence-corrected chi connectivity index (χ2v) is 8.64. The number of sulfonamides is 1. The normalized spacial score (nSPS) is 16.6. The van der Waals surface area contributed by atoms with Gasteiger partial charge in [-0.25, -0.2) is 8.42 Å². The van der Waals surface area contributed by atoms with Gasteiger partial charge in [0.1, 0.15) is 18.9 Å². The van der Waals surface area contributed by atoms with Crippen molar-refractivity contribution in [1.29, 1.82) is 0 Å². The lowest BCUT2D eigenvalue weighted by Crippen LogP contribution is -3.15. The second kappa shape index (κ2) is 9.17. The zero-order chi connectivity index (χ0) is 19.1. The summed E-state index contributed by atoms with van der Waals surface area (Å²) in [6.45, 7) is 6.25. The van der Waals surface area contributed by atoms with E-state index in [0.29, 0.717) is 19.7 Å². The Morgan fingerprint density at radius 3 is 2.52 bits per heavy atom. The highest BCUT2D eigenvalue weighted by atomic mass is 32.2. The molecule has 0 unspecified atom stereocenters. The van der Waals surface area contributed by atoms with Crippen LogP contribution in [0.15, 0.2) is 60.0 Å². The number of nitrogens with one attached hydrogen (secondary N) is 1. The van der Waals surface area contributed by atoms with E-state index in [0.717, 1.165) is 30.9 Å². The van der Waals surface area contributed by atoms with Crippen molar-refractivity contribution in [3.63, 3.8) is 0 Å². The number of rotatable bonds is 7. The number of aryl methyl sites for hydroxylation is 1. The second-order valence-electron chi connectivity index (χ2n) is 6.82. The fraction of sp³-hybridized carbons (Fsp3) is 0.333. The number of quaternary nitrogens is 1. The van der Waals surface area contributed by atoms with Gasteiger partial charge in [-0.3, -0.25) is 0 Å². The Labute approximate surface area is 161 Å². The predicted octanol–water partition coefficient (Wildman–Crippen LogP) is 1.58. The molecule has 2 aromatic rings. The van der Waals surface area contributed by atoms with E-state index in [4.69, 9.17) is 4.74 Å². The van der Waals surface area contributed by atoms with E-state index in [1.54, 1.807) is 10.4 Å². The van der Waals surface area contributed by atoms with E-state index in [9.17, 15) is 8.42 Å². The van der Waals surface area contributed by atoms with Crippen LogP contribution in [0, 0.1) is 6.92 Å². The molecule has 27 heavy (non-hydrogen) atoms. The molecule has 1 aliphatic rings. The number of nitrogens with zero attached hydrogens (tertiary/aromatic N) is 1. The van der Waals surface area contributed by atoms with Gasteiger partial charge in [0.2, 0.25) is 10.0 Å². The minimum absolute atomic E-state index is 0.543. The van der Waals surface area contributed by atoms with Crippen LogP contribution in [0.3, 0.4) is 0 Å².